The van der Waals surface area contributed by atoms with Gasteiger partial charge in [-0.25, -0.2) is 14.3 Å². The van der Waals surface area contributed by atoms with E-state index in [1.54, 1.807) is 25.1 Å². The topological polar surface area (TPSA) is 67.5 Å². The van der Waals surface area contributed by atoms with Crippen LogP contribution < -0.4 is 0 Å². The predicted molar refractivity (Wildman–Crippen MR) is 87.8 cm³/mol. The minimum atomic E-state index is -1.10. The van der Waals surface area contributed by atoms with Crippen molar-refractivity contribution in [2.45, 2.75) is 6.92 Å². The number of carboxylic acids is 1. The summed E-state index contributed by atoms with van der Waals surface area (Å²) in [4.78, 5) is 16.0. The van der Waals surface area contributed by atoms with Crippen LogP contribution in [0.4, 0.5) is 0 Å². The normalized spacial score (nSPS) is 11.1. The van der Waals surface area contributed by atoms with Gasteiger partial charge in [-0.15, -0.1) is 0 Å². The van der Waals surface area contributed by atoms with Gasteiger partial charge in [0.2, 0.25) is 0 Å². The molecular weight excluding hydrogens is 393 g/mol. The van der Waals surface area contributed by atoms with E-state index in [4.69, 9.17) is 23.2 Å². The highest BCUT2D eigenvalue weighted by Gasteiger charge is 2.19. The smallest absolute Gasteiger partial charge is 0.354 e. The summed E-state index contributed by atoms with van der Waals surface area (Å²) in [5.41, 5.74) is 2.10. The van der Waals surface area contributed by atoms with E-state index in [2.05, 4.69) is 26.0 Å². The maximum absolute atomic E-state index is 11.5. The molecule has 0 amide bonds. The van der Waals surface area contributed by atoms with E-state index in [0.717, 1.165) is 0 Å². The summed E-state index contributed by atoms with van der Waals surface area (Å²) >= 11 is 15.5. The van der Waals surface area contributed by atoms with Gasteiger partial charge in [0.15, 0.2) is 11.3 Å². The predicted octanol–water partition coefficient (Wildman–Crippen LogP) is 4.47. The van der Waals surface area contributed by atoms with Gasteiger partial charge in [0.1, 0.15) is 0 Å². The lowest BCUT2D eigenvalue weighted by molar-refractivity contribution is 0.0687. The molecule has 0 saturated heterocycles. The Morgan fingerprint density at radius 1 is 1.32 bits per heavy atom. The second-order valence-electron chi connectivity index (χ2n) is 4.59. The number of aromatic carboxylic acids is 1. The average molecular weight is 401 g/mol. The maximum atomic E-state index is 11.5. The molecule has 0 aliphatic carbocycles. The first-order valence-electron chi connectivity index (χ1n) is 6.13. The number of carboxylic acid groups (broad SMARTS) is 1. The molecule has 0 bridgehead atoms. The van der Waals surface area contributed by atoms with Gasteiger partial charge in [-0.3, -0.25) is 0 Å². The Bertz CT molecular complexity index is 924. The number of nitrogens with zero attached hydrogens (tertiary/aromatic N) is 3. The molecule has 1 aromatic carbocycles. The van der Waals surface area contributed by atoms with Crippen LogP contribution >= 0.6 is 39.1 Å². The molecule has 22 heavy (non-hydrogen) atoms. The molecule has 0 spiro atoms. The molecule has 1 N–H and O–H groups in total. The molecule has 0 saturated carbocycles. The van der Waals surface area contributed by atoms with Crippen molar-refractivity contribution in [2.75, 3.05) is 0 Å². The van der Waals surface area contributed by atoms with Gasteiger partial charge in [-0.1, -0.05) is 23.2 Å². The van der Waals surface area contributed by atoms with E-state index in [1.165, 1.54) is 10.6 Å². The molecule has 0 unspecified atom stereocenters. The van der Waals surface area contributed by atoms with Crippen molar-refractivity contribution in [3.63, 3.8) is 0 Å². The van der Waals surface area contributed by atoms with Crippen LogP contribution in [0.5, 0.6) is 0 Å². The second kappa shape index (κ2) is 5.53. The first-order valence-corrected chi connectivity index (χ1v) is 7.68. The molecule has 0 radical (unpaired) electrons. The lowest BCUT2D eigenvalue weighted by Crippen LogP contribution is -2.08. The molecule has 3 aromatic rings. The van der Waals surface area contributed by atoms with Crippen molar-refractivity contribution in [1.29, 1.82) is 0 Å². The standard InChI is InChI=1S/C14H8BrCl2N3O2/c1-6-12(15)13-18-10(5-11(14(21)22)20(13)19-6)8-3-2-7(16)4-9(8)17/h2-5H,1H3,(H,21,22). The van der Waals surface area contributed by atoms with Crippen molar-refractivity contribution in [2.24, 2.45) is 0 Å². The molecule has 2 aromatic heterocycles. The third-order valence-corrected chi connectivity index (χ3v) is 4.60. The van der Waals surface area contributed by atoms with E-state index < -0.39 is 5.97 Å². The van der Waals surface area contributed by atoms with E-state index in [1.807, 2.05) is 0 Å². The second-order valence-corrected chi connectivity index (χ2v) is 6.23. The monoisotopic (exact) mass is 399 g/mol. The first kappa shape index (κ1) is 15.3. The van der Waals surface area contributed by atoms with Crippen LogP contribution in [0.3, 0.4) is 0 Å². The summed E-state index contributed by atoms with van der Waals surface area (Å²) in [6.45, 7) is 1.76. The third-order valence-electron chi connectivity index (χ3n) is 3.12. The van der Waals surface area contributed by atoms with Gasteiger partial charge >= 0.3 is 5.97 Å². The molecular formula is C14H8BrCl2N3O2. The van der Waals surface area contributed by atoms with E-state index in [0.29, 0.717) is 37.1 Å². The number of carbonyl (C=O) groups is 1. The van der Waals surface area contributed by atoms with Crippen LogP contribution in [0, 0.1) is 6.92 Å². The Balaban J connectivity index is 2.35. The fraction of sp³-hybridized carbons (Fsp3) is 0.0714. The molecule has 112 valence electrons. The summed E-state index contributed by atoms with van der Waals surface area (Å²) < 4.78 is 1.93. The van der Waals surface area contributed by atoms with Crippen molar-refractivity contribution >= 4 is 50.7 Å². The number of fused-ring (bicyclic) bond motifs is 1. The lowest BCUT2D eigenvalue weighted by Gasteiger charge is -2.07. The fourth-order valence-corrected chi connectivity index (χ4v) is 2.93. The molecule has 0 aliphatic heterocycles. The summed E-state index contributed by atoms with van der Waals surface area (Å²) in [5, 5.41) is 14.5. The summed E-state index contributed by atoms with van der Waals surface area (Å²) in [6, 6.07) is 6.39. The Labute approximate surface area is 143 Å². The number of rotatable bonds is 2. The largest absolute Gasteiger partial charge is 0.477 e. The summed E-state index contributed by atoms with van der Waals surface area (Å²) in [6.07, 6.45) is 0. The highest BCUT2D eigenvalue weighted by atomic mass is 79.9. The summed E-state index contributed by atoms with van der Waals surface area (Å²) in [7, 11) is 0. The van der Waals surface area contributed by atoms with Gasteiger partial charge < -0.3 is 5.11 Å². The molecule has 0 atom stereocenters. The Morgan fingerprint density at radius 3 is 2.68 bits per heavy atom. The number of aromatic nitrogens is 3. The molecule has 2 heterocycles. The van der Waals surface area contributed by atoms with Crippen LogP contribution in [0.25, 0.3) is 16.9 Å². The van der Waals surface area contributed by atoms with E-state index in [9.17, 15) is 9.90 Å². The SMILES string of the molecule is Cc1nn2c(C(=O)O)cc(-c3ccc(Cl)cc3Cl)nc2c1Br. The van der Waals surface area contributed by atoms with Crippen molar-refractivity contribution in [3.8, 4) is 11.3 Å². The highest BCUT2D eigenvalue weighted by Crippen LogP contribution is 2.31. The summed E-state index contributed by atoms with van der Waals surface area (Å²) in [5.74, 6) is -1.10. The van der Waals surface area contributed by atoms with E-state index in [-0.39, 0.29) is 5.69 Å². The van der Waals surface area contributed by atoms with Crippen molar-refractivity contribution in [3.05, 3.63) is 50.2 Å². The molecule has 5 nitrogen and oxygen atoms in total. The van der Waals surface area contributed by atoms with Gasteiger partial charge in [0, 0.05) is 10.6 Å². The van der Waals surface area contributed by atoms with Crippen LogP contribution in [-0.2, 0) is 0 Å². The zero-order valence-electron chi connectivity index (χ0n) is 11.1. The number of hydrogen-bond acceptors (Lipinski definition) is 3. The van der Waals surface area contributed by atoms with Crippen LogP contribution in [0.15, 0.2) is 28.7 Å². The van der Waals surface area contributed by atoms with Crippen molar-refractivity contribution in [1.82, 2.24) is 14.6 Å². The molecule has 0 aliphatic rings. The van der Waals surface area contributed by atoms with Crippen LogP contribution in [0.1, 0.15) is 16.2 Å². The molecule has 0 fully saturated rings. The first-order chi connectivity index (χ1) is 10.4. The average Bonchev–Trinajstić information content (AvgIpc) is 2.73. The number of hydrogen-bond donors (Lipinski definition) is 1. The zero-order chi connectivity index (χ0) is 16.0. The minimum Gasteiger partial charge on any atom is -0.477 e. The number of halogens is 3. The lowest BCUT2D eigenvalue weighted by atomic mass is 10.1. The quantitative estimate of drug-likeness (QED) is 0.688. The number of benzene rings is 1. The Kier molecular flexibility index (Phi) is 3.84. The highest BCUT2D eigenvalue weighted by molar-refractivity contribution is 9.10. The third kappa shape index (κ3) is 2.47. The Morgan fingerprint density at radius 2 is 2.05 bits per heavy atom. The van der Waals surface area contributed by atoms with Crippen molar-refractivity contribution < 1.29 is 9.90 Å². The molecule has 3 rings (SSSR count). The van der Waals surface area contributed by atoms with Gasteiger partial charge in [0.25, 0.3) is 0 Å². The van der Waals surface area contributed by atoms with Crippen LogP contribution in [0.2, 0.25) is 10.0 Å². The van der Waals surface area contributed by atoms with Gasteiger partial charge in [-0.2, -0.15) is 5.10 Å². The number of aryl methyl sites for hydroxylation is 1. The fourth-order valence-electron chi connectivity index (χ4n) is 2.08. The zero-order valence-corrected chi connectivity index (χ0v) is 14.2. The molecule has 8 heteroatoms. The van der Waals surface area contributed by atoms with Gasteiger partial charge in [-0.05, 0) is 47.1 Å². The minimum absolute atomic E-state index is 0.000170. The van der Waals surface area contributed by atoms with Gasteiger partial charge in [0.05, 0.1) is 20.9 Å². The van der Waals surface area contributed by atoms with E-state index >= 15 is 0 Å². The maximum Gasteiger partial charge on any atom is 0.354 e. The van der Waals surface area contributed by atoms with Crippen LogP contribution in [-0.4, -0.2) is 25.7 Å². The Hall–Kier alpha value is -1.63.